The average Bonchev–Trinajstić information content (AvgIpc) is 1.67. The largest absolute Gasteiger partial charge is 0.311 e. The summed E-state index contributed by atoms with van der Waals surface area (Å²) >= 11 is 0. The number of hydrogen-bond acceptors (Lipinski definition) is 2. The average molecular weight is 1330 g/mol. The summed E-state index contributed by atoms with van der Waals surface area (Å²) < 4.78 is 155. The van der Waals surface area contributed by atoms with Gasteiger partial charge in [-0.15, -0.1) is 0 Å². The first kappa shape index (κ1) is 49.4. The number of aromatic nitrogens is 2. The standard InChI is InChI=1S/C96H95BN4/c1-91(2,3)66-45-63(46-67(54-66)92(4,5)6)60-29-27-31-72(51-60)99-86-44-41-62(65-49-70(95(13,14)15)56-71(50-65)96(16,17)18)53-81(86)97-80-43-42-74(98-82-37-23-19-33-76(82)77-34-20-24-38-83(77)98)57-87(80)100(73-32-28-30-61(52-73)64-47-68(93(7,8)9)55-69(48-64)94(10,11)12)89-59-75(58-88(99)90(89)97)101-84-39-25-21-35-78(84)79-36-22-26-40-85(79)101/h19-59H,1-18H3/i19D,20D,21D,22D,23D,24D,25D,26D,33D,34D,35D,36D,37D,38D,39D,40D. The fourth-order valence-electron chi connectivity index (χ4n) is 15.0. The fraction of sp³-hybridized carbons (Fsp3) is 0.250. The predicted molar refractivity (Wildman–Crippen MR) is 438 cm³/mol. The van der Waals surface area contributed by atoms with Crippen LogP contribution in [0.4, 0.5) is 34.1 Å². The van der Waals surface area contributed by atoms with Crippen molar-refractivity contribution >= 4 is 101 Å². The van der Waals surface area contributed by atoms with E-state index >= 15 is 0 Å². The van der Waals surface area contributed by atoms with Gasteiger partial charge in [-0.25, -0.2) is 0 Å². The molecule has 0 fully saturated rings. The van der Waals surface area contributed by atoms with Crippen molar-refractivity contribution in [2.45, 2.75) is 157 Å². The molecule has 0 spiro atoms. The lowest BCUT2D eigenvalue weighted by atomic mass is 9.33. The Morgan fingerprint density at radius 3 is 0.950 bits per heavy atom. The minimum Gasteiger partial charge on any atom is -0.311 e. The molecule has 502 valence electrons. The van der Waals surface area contributed by atoms with Gasteiger partial charge in [-0.3, -0.25) is 0 Å². The molecule has 4 nitrogen and oxygen atoms in total. The number of anilines is 6. The van der Waals surface area contributed by atoms with Crippen molar-refractivity contribution in [3.8, 4) is 44.8 Å². The molecule has 0 amide bonds. The molecular weight excluding hydrogens is 1220 g/mol. The second kappa shape index (κ2) is 23.2. The summed E-state index contributed by atoms with van der Waals surface area (Å²) in [5.74, 6) is 0. The highest BCUT2D eigenvalue weighted by molar-refractivity contribution is 7.00. The highest BCUT2D eigenvalue weighted by Gasteiger charge is 2.45. The normalized spacial score (nSPS) is 15.8. The van der Waals surface area contributed by atoms with Gasteiger partial charge in [0.2, 0.25) is 0 Å². The molecule has 4 heterocycles. The molecule has 16 rings (SSSR count). The summed E-state index contributed by atoms with van der Waals surface area (Å²) in [6, 6.07) is 45.1. The van der Waals surface area contributed by atoms with Crippen molar-refractivity contribution in [3.63, 3.8) is 0 Å². The van der Waals surface area contributed by atoms with Crippen molar-refractivity contribution in [2.75, 3.05) is 9.80 Å². The first-order valence-corrected chi connectivity index (χ1v) is 35.3. The zero-order valence-electron chi connectivity index (χ0n) is 77.3. The zero-order valence-corrected chi connectivity index (χ0v) is 61.3. The topological polar surface area (TPSA) is 16.3 Å². The van der Waals surface area contributed by atoms with Gasteiger partial charge in [-0.2, -0.15) is 0 Å². The quantitative estimate of drug-likeness (QED) is 0.148. The molecule has 2 aliphatic heterocycles. The minimum atomic E-state index is -0.731. The Labute approximate surface area is 622 Å². The van der Waals surface area contributed by atoms with Crippen LogP contribution in [-0.2, 0) is 32.5 Å². The lowest BCUT2D eigenvalue weighted by molar-refractivity contribution is 0.568. The maximum absolute atomic E-state index is 10.0. The van der Waals surface area contributed by atoms with E-state index in [1.807, 2.05) is 42.5 Å². The molecule has 0 saturated heterocycles. The molecule has 5 heteroatoms. The van der Waals surface area contributed by atoms with E-state index in [9.17, 15) is 19.2 Å². The van der Waals surface area contributed by atoms with Gasteiger partial charge in [0.05, 0.1) is 49.7 Å². The van der Waals surface area contributed by atoms with Gasteiger partial charge in [-0.1, -0.05) is 294 Å². The van der Waals surface area contributed by atoms with Gasteiger partial charge in [0.25, 0.3) is 6.71 Å². The molecule has 101 heavy (non-hydrogen) atoms. The summed E-state index contributed by atoms with van der Waals surface area (Å²) in [5, 5.41) is -0.362. The Morgan fingerprint density at radius 2 is 0.584 bits per heavy atom. The summed E-state index contributed by atoms with van der Waals surface area (Å²) in [7, 11) is 0. The predicted octanol–water partition coefficient (Wildman–Crippen LogP) is 24.7. The van der Waals surface area contributed by atoms with Crippen LogP contribution in [0.2, 0.25) is 0 Å². The Bertz CT molecular complexity index is 6430. The van der Waals surface area contributed by atoms with Crippen LogP contribution in [0.3, 0.4) is 0 Å². The zero-order chi connectivity index (χ0) is 84.7. The highest BCUT2D eigenvalue weighted by atomic mass is 15.2. The third-order valence-corrected chi connectivity index (χ3v) is 20.8. The molecule has 0 unspecified atom stereocenters. The number of rotatable bonds is 7. The third-order valence-electron chi connectivity index (χ3n) is 20.8. The van der Waals surface area contributed by atoms with Gasteiger partial charge in [-0.05, 0) is 194 Å². The molecule has 2 aromatic heterocycles. The molecular formula is C96H95BN4. The molecule has 0 bridgehead atoms. The maximum Gasteiger partial charge on any atom is 0.252 e. The van der Waals surface area contributed by atoms with E-state index in [0.29, 0.717) is 22.7 Å². The summed E-state index contributed by atoms with van der Waals surface area (Å²) in [4.78, 5) is 4.39. The first-order chi connectivity index (χ1) is 54.5. The van der Waals surface area contributed by atoms with Crippen molar-refractivity contribution in [1.82, 2.24) is 9.13 Å². The molecule has 0 saturated carbocycles. The van der Waals surface area contributed by atoms with E-state index in [4.69, 9.17) is 2.74 Å². The third kappa shape index (κ3) is 11.3. The number of fused-ring (bicyclic) bond motifs is 10. The monoisotopic (exact) mass is 1330 g/mol. The van der Waals surface area contributed by atoms with Gasteiger partial charge < -0.3 is 18.9 Å². The van der Waals surface area contributed by atoms with Crippen LogP contribution in [0.15, 0.2) is 248 Å². The number of para-hydroxylation sites is 4. The lowest BCUT2D eigenvalue weighted by Crippen LogP contribution is -2.61. The molecule has 12 aromatic carbocycles. The Morgan fingerprint density at radius 1 is 0.257 bits per heavy atom. The van der Waals surface area contributed by atoms with Gasteiger partial charge in [0, 0.05) is 61.4 Å². The van der Waals surface area contributed by atoms with Crippen molar-refractivity contribution < 1.29 is 21.9 Å². The van der Waals surface area contributed by atoms with E-state index in [-0.39, 0.29) is 87.5 Å². The van der Waals surface area contributed by atoms with E-state index in [2.05, 4.69) is 244 Å². The fourth-order valence-corrected chi connectivity index (χ4v) is 15.0. The molecule has 0 N–H and O–H groups in total. The van der Waals surface area contributed by atoms with Gasteiger partial charge >= 0.3 is 0 Å². The van der Waals surface area contributed by atoms with Crippen LogP contribution in [0, 0.1) is 0 Å². The van der Waals surface area contributed by atoms with Crippen LogP contribution in [0.1, 0.15) is 180 Å². The number of nitrogens with zero attached hydrogens (tertiary/aromatic N) is 4. The van der Waals surface area contributed by atoms with E-state index in [0.717, 1.165) is 94.5 Å². The number of benzene rings is 12. The Kier molecular flexibility index (Phi) is 11.4. The van der Waals surface area contributed by atoms with E-state index in [1.165, 1.54) is 4.57 Å². The summed E-state index contributed by atoms with van der Waals surface area (Å²) in [6.45, 7) is 39.1. The van der Waals surface area contributed by atoms with E-state index < -0.39 is 103 Å². The van der Waals surface area contributed by atoms with Gasteiger partial charge in [0.1, 0.15) is 0 Å². The summed E-state index contributed by atoms with van der Waals surface area (Å²) in [6.07, 6.45) is 0. The van der Waals surface area contributed by atoms with Crippen LogP contribution < -0.4 is 26.2 Å². The molecule has 2 aliphatic rings. The van der Waals surface area contributed by atoms with Crippen LogP contribution >= 0.6 is 0 Å². The second-order valence-electron chi connectivity index (χ2n) is 34.1. The lowest BCUT2D eigenvalue weighted by Gasteiger charge is -2.45. The minimum absolute atomic E-state index is 0.0662. The van der Waals surface area contributed by atoms with Crippen LogP contribution in [-0.4, -0.2) is 15.8 Å². The molecule has 14 aromatic rings. The molecule has 0 atom stereocenters. The Hall–Kier alpha value is -10.1. The molecule has 0 radical (unpaired) electrons. The van der Waals surface area contributed by atoms with E-state index in [1.54, 1.807) is 4.57 Å². The van der Waals surface area contributed by atoms with Crippen LogP contribution in [0.5, 0.6) is 0 Å². The number of hydrogen-bond donors (Lipinski definition) is 0. The maximum atomic E-state index is 10.0. The van der Waals surface area contributed by atoms with Crippen molar-refractivity contribution in [1.29, 1.82) is 0 Å². The first-order valence-electron chi connectivity index (χ1n) is 43.3. The highest BCUT2D eigenvalue weighted by Crippen LogP contribution is 2.50. The smallest absolute Gasteiger partial charge is 0.252 e. The van der Waals surface area contributed by atoms with Gasteiger partial charge in [0.15, 0.2) is 0 Å². The Balaban J connectivity index is 1.12. The molecule has 0 aliphatic carbocycles. The second-order valence-corrected chi connectivity index (χ2v) is 34.1. The van der Waals surface area contributed by atoms with Crippen LogP contribution in [0.25, 0.3) is 88.4 Å². The SMILES string of the molecule is [2H]c1c([2H])c([2H])c2c(c1[2H])c1c([2H])c([2H])c([2H])c([2H])c1n2-c1ccc2c(c1)N(c1cccc(-c3cc(C(C)(C)C)cc(C(C)(C)C)c3)c1)c1cc(-n3c4c([2H])c([2H])c([2H])c([2H])c4c4c([2H])c([2H])c([2H])c([2H])c43)cc3c1B2c1cc(-c2cc(C(C)(C)C)cc(C(C)(C)C)c2)ccc1N3c1cccc(-c2cc(C(C)(C)C)cc(C(C)(C)C)c2)c1. The summed E-state index contributed by atoms with van der Waals surface area (Å²) in [5.41, 5.74) is 17.5. The van der Waals surface area contributed by atoms with Crippen molar-refractivity contribution in [3.05, 3.63) is 282 Å². The van der Waals surface area contributed by atoms with Crippen molar-refractivity contribution in [2.24, 2.45) is 0 Å².